The van der Waals surface area contributed by atoms with Crippen LogP contribution in [0.25, 0.3) is 0 Å². The number of nitrogens with two attached hydrogens (primary N) is 1. The number of hydrazine groups is 1. The molecule has 0 spiro atoms. The lowest BCUT2D eigenvalue weighted by Gasteiger charge is -2.27. The molecule has 0 aliphatic heterocycles. The standard InChI is InChI=1S/C14H20F3N3O/c1-4-7-20(9(2)3)13(21)10-5-6-12(19-18)11(8-10)14(15,16)17/h5-6,8-9,19H,4,7,18H2,1-3H3. The van der Waals surface area contributed by atoms with Gasteiger partial charge in [0, 0.05) is 18.2 Å². The van der Waals surface area contributed by atoms with Gasteiger partial charge in [-0.3, -0.25) is 10.6 Å². The lowest BCUT2D eigenvalue weighted by molar-refractivity contribution is -0.137. The van der Waals surface area contributed by atoms with Crippen LogP contribution in [0, 0.1) is 0 Å². The lowest BCUT2D eigenvalue weighted by Crippen LogP contribution is -2.37. The SMILES string of the molecule is CCCN(C(=O)c1ccc(NN)c(C(F)(F)F)c1)C(C)C. The van der Waals surface area contributed by atoms with Crippen LogP contribution >= 0.6 is 0 Å². The average Bonchev–Trinajstić information content (AvgIpc) is 2.42. The summed E-state index contributed by atoms with van der Waals surface area (Å²) in [6.07, 6.45) is -3.84. The Hall–Kier alpha value is -1.76. The van der Waals surface area contributed by atoms with Crippen LogP contribution in [0.5, 0.6) is 0 Å². The third-order valence-electron chi connectivity index (χ3n) is 3.08. The fourth-order valence-corrected chi connectivity index (χ4v) is 2.04. The van der Waals surface area contributed by atoms with Crippen LogP contribution in [-0.2, 0) is 6.18 Å². The molecule has 1 aromatic rings. The van der Waals surface area contributed by atoms with E-state index in [4.69, 9.17) is 5.84 Å². The Morgan fingerprint density at radius 2 is 2.00 bits per heavy atom. The van der Waals surface area contributed by atoms with Crippen LogP contribution in [0.3, 0.4) is 0 Å². The summed E-state index contributed by atoms with van der Waals surface area (Å²) in [6.45, 7) is 6.06. The van der Waals surface area contributed by atoms with Crippen LogP contribution in [-0.4, -0.2) is 23.4 Å². The van der Waals surface area contributed by atoms with E-state index in [1.807, 2.05) is 26.2 Å². The van der Waals surface area contributed by atoms with Gasteiger partial charge in [0.05, 0.1) is 11.3 Å². The Morgan fingerprint density at radius 3 is 2.43 bits per heavy atom. The predicted molar refractivity (Wildman–Crippen MR) is 75.7 cm³/mol. The van der Waals surface area contributed by atoms with Gasteiger partial charge in [0.15, 0.2) is 0 Å². The number of anilines is 1. The molecule has 7 heteroatoms. The van der Waals surface area contributed by atoms with Crippen molar-refractivity contribution in [3.8, 4) is 0 Å². The van der Waals surface area contributed by atoms with Gasteiger partial charge in [-0.1, -0.05) is 6.92 Å². The number of hydrogen-bond acceptors (Lipinski definition) is 3. The summed E-state index contributed by atoms with van der Waals surface area (Å²) in [5.41, 5.74) is 0.797. The summed E-state index contributed by atoms with van der Waals surface area (Å²) in [7, 11) is 0. The zero-order chi connectivity index (χ0) is 16.2. The maximum Gasteiger partial charge on any atom is 0.418 e. The first kappa shape index (κ1) is 17.3. The van der Waals surface area contributed by atoms with Gasteiger partial charge in [-0.25, -0.2) is 0 Å². The molecule has 21 heavy (non-hydrogen) atoms. The second-order valence-corrected chi connectivity index (χ2v) is 4.99. The fraction of sp³-hybridized carbons (Fsp3) is 0.500. The lowest BCUT2D eigenvalue weighted by atomic mass is 10.1. The van der Waals surface area contributed by atoms with Gasteiger partial charge in [0.1, 0.15) is 0 Å². The number of alkyl halides is 3. The molecule has 0 aromatic heterocycles. The van der Waals surface area contributed by atoms with Crippen LogP contribution in [0.4, 0.5) is 18.9 Å². The van der Waals surface area contributed by atoms with Crippen molar-refractivity contribution in [3.63, 3.8) is 0 Å². The number of amides is 1. The molecule has 1 amide bonds. The van der Waals surface area contributed by atoms with Crippen molar-refractivity contribution < 1.29 is 18.0 Å². The highest BCUT2D eigenvalue weighted by Crippen LogP contribution is 2.35. The van der Waals surface area contributed by atoms with Gasteiger partial charge in [-0.2, -0.15) is 13.2 Å². The van der Waals surface area contributed by atoms with E-state index in [9.17, 15) is 18.0 Å². The molecule has 0 atom stereocenters. The van der Waals surface area contributed by atoms with Crippen LogP contribution in [0.2, 0.25) is 0 Å². The molecule has 0 fully saturated rings. The number of carbonyl (C=O) groups is 1. The third kappa shape index (κ3) is 4.10. The van der Waals surface area contributed by atoms with Crippen molar-refractivity contribution in [2.75, 3.05) is 12.0 Å². The topological polar surface area (TPSA) is 58.4 Å². The highest BCUT2D eigenvalue weighted by atomic mass is 19.4. The molecule has 0 aliphatic carbocycles. The van der Waals surface area contributed by atoms with Gasteiger partial charge in [0.25, 0.3) is 5.91 Å². The first-order chi connectivity index (χ1) is 9.72. The summed E-state index contributed by atoms with van der Waals surface area (Å²) in [4.78, 5) is 13.9. The normalized spacial score (nSPS) is 11.6. The quantitative estimate of drug-likeness (QED) is 0.648. The van der Waals surface area contributed by atoms with Crippen LogP contribution in [0.1, 0.15) is 43.1 Å². The van der Waals surface area contributed by atoms with E-state index in [2.05, 4.69) is 0 Å². The first-order valence-electron chi connectivity index (χ1n) is 6.71. The number of hydrogen-bond donors (Lipinski definition) is 2. The summed E-state index contributed by atoms with van der Waals surface area (Å²) < 4.78 is 38.9. The minimum atomic E-state index is -4.58. The largest absolute Gasteiger partial charge is 0.418 e. The Bertz CT molecular complexity index is 501. The number of benzene rings is 1. The molecule has 0 saturated carbocycles. The molecular weight excluding hydrogens is 283 g/mol. The number of nitrogens with one attached hydrogen (secondary N) is 1. The highest BCUT2D eigenvalue weighted by molar-refractivity contribution is 5.95. The zero-order valence-corrected chi connectivity index (χ0v) is 12.3. The van der Waals surface area contributed by atoms with E-state index >= 15 is 0 Å². The van der Waals surface area contributed by atoms with Gasteiger partial charge < -0.3 is 10.3 Å². The summed E-state index contributed by atoms with van der Waals surface area (Å²) in [6, 6.07) is 3.26. The maximum absolute atomic E-state index is 13.0. The van der Waals surface area contributed by atoms with E-state index in [-0.39, 0.29) is 17.3 Å². The summed E-state index contributed by atoms with van der Waals surface area (Å²) in [5, 5.41) is 0. The monoisotopic (exact) mass is 303 g/mol. The smallest absolute Gasteiger partial charge is 0.336 e. The van der Waals surface area contributed by atoms with Gasteiger partial charge in [-0.15, -0.1) is 0 Å². The van der Waals surface area contributed by atoms with Crippen molar-refractivity contribution in [1.29, 1.82) is 0 Å². The van der Waals surface area contributed by atoms with E-state index < -0.39 is 17.6 Å². The molecule has 3 N–H and O–H groups in total. The molecule has 0 bridgehead atoms. The van der Waals surface area contributed by atoms with Gasteiger partial charge in [-0.05, 0) is 38.5 Å². The average molecular weight is 303 g/mol. The maximum atomic E-state index is 13.0. The minimum absolute atomic E-state index is 0.00322. The summed E-state index contributed by atoms with van der Waals surface area (Å²) in [5.74, 6) is 4.67. The molecule has 0 saturated heterocycles. The van der Waals surface area contributed by atoms with Crippen molar-refractivity contribution in [2.45, 2.75) is 39.4 Å². The number of rotatable bonds is 5. The van der Waals surface area contributed by atoms with E-state index in [1.54, 1.807) is 4.90 Å². The molecule has 0 heterocycles. The molecule has 0 unspecified atom stereocenters. The van der Waals surface area contributed by atoms with Crippen molar-refractivity contribution in [2.24, 2.45) is 5.84 Å². The van der Waals surface area contributed by atoms with E-state index in [0.29, 0.717) is 6.54 Å². The van der Waals surface area contributed by atoms with Crippen LogP contribution in [0.15, 0.2) is 18.2 Å². The van der Waals surface area contributed by atoms with Crippen molar-refractivity contribution >= 4 is 11.6 Å². The summed E-state index contributed by atoms with van der Waals surface area (Å²) >= 11 is 0. The second-order valence-electron chi connectivity index (χ2n) is 4.99. The second kappa shape index (κ2) is 6.80. The first-order valence-corrected chi connectivity index (χ1v) is 6.71. The molecule has 1 aromatic carbocycles. The van der Waals surface area contributed by atoms with Gasteiger partial charge >= 0.3 is 6.18 Å². The number of nitrogen functional groups attached to an aromatic ring is 1. The minimum Gasteiger partial charge on any atom is -0.336 e. The molecule has 4 nitrogen and oxygen atoms in total. The Morgan fingerprint density at radius 1 is 1.38 bits per heavy atom. The fourth-order valence-electron chi connectivity index (χ4n) is 2.04. The molecule has 0 aliphatic rings. The molecular formula is C14H20F3N3O. The zero-order valence-electron chi connectivity index (χ0n) is 12.3. The Balaban J connectivity index is 3.22. The molecule has 1 rings (SSSR count). The van der Waals surface area contributed by atoms with Crippen molar-refractivity contribution in [3.05, 3.63) is 29.3 Å². The Kier molecular flexibility index (Phi) is 5.60. The molecule has 0 radical (unpaired) electrons. The third-order valence-corrected chi connectivity index (χ3v) is 3.08. The predicted octanol–water partition coefficient (Wildman–Crippen LogP) is 3.25. The number of carbonyl (C=O) groups excluding carboxylic acids is 1. The van der Waals surface area contributed by atoms with Crippen molar-refractivity contribution in [1.82, 2.24) is 4.90 Å². The van der Waals surface area contributed by atoms with Gasteiger partial charge in [0.2, 0.25) is 0 Å². The van der Waals surface area contributed by atoms with E-state index in [1.165, 1.54) is 12.1 Å². The molecule has 118 valence electrons. The highest BCUT2D eigenvalue weighted by Gasteiger charge is 2.34. The van der Waals surface area contributed by atoms with E-state index in [0.717, 1.165) is 12.5 Å². The number of nitrogens with zero attached hydrogens (tertiary/aromatic N) is 1. The van der Waals surface area contributed by atoms with Crippen LogP contribution < -0.4 is 11.3 Å². The number of halogens is 3. The Labute approximate surface area is 122 Å².